The molecule has 0 spiro atoms. The third-order valence-electron chi connectivity index (χ3n) is 19.9. The average Bonchev–Trinajstić information content (AvgIpc) is 2.54. The van der Waals surface area contributed by atoms with Crippen LogP contribution in [0.3, 0.4) is 0 Å². The van der Waals surface area contributed by atoms with E-state index in [1.165, 1.54) is 133 Å². The molecule has 3 heteroatoms. The number of para-hydroxylation sites is 3. The topological polar surface area (TPSA) is 29.5 Å². The van der Waals surface area contributed by atoms with Gasteiger partial charge < -0.3 is 13.7 Å². The fourth-order valence-corrected chi connectivity index (χ4v) is 15.7. The average molecular weight is 1040 g/mol. The van der Waals surface area contributed by atoms with Crippen molar-refractivity contribution in [3.05, 3.63) is 257 Å². The highest BCUT2D eigenvalue weighted by Crippen LogP contribution is 2.62. The van der Waals surface area contributed by atoms with Gasteiger partial charge in [-0.3, -0.25) is 0 Å². The quantitative estimate of drug-likeness (QED) is 0.172. The largest absolute Gasteiger partial charge is 0.456 e. The minimum absolute atomic E-state index is 0.201. The van der Waals surface area contributed by atoms with Crippen LogP contribution in [0, 0.1) is 0 Å². The first kappa shape index (κ1) is 46.7. The Morgan fingerprint density at radius 3 is 1.09 bits per heavy atom. The van der Waals surface area contributed by atoms with Crippen LogP contribution in [-0.4, -0.2) is 0 Å². The number of hydrogen-bond acceptors (Lipinski definition) is 3. The molecule has 17 rings (SSSR count). The molecule has 388 valence electrons. The van der Waals surface area contributed by atoms with Crippen molar-refractivity contribution in [3.8, 4) is 66.8 Å². The van der Waals surface area contributed by atoms with Gasteiger partial charge in [0.15, 0.2) is 0 Å². The second-order valence-corrected chi connectivity index (χ2v) is 25.5. The molecule has 0 bridgehead atoms. The zero-order valence-corrected chi connectivity index (χ0v) is 47.0. The molecular formula is C78H59NO2. The maximum absolute atomic E-state index is 6.53. The van der Waals surface area contributed by atoms with Gasteiger partial charge in [0.1, 0.15) is 22.3 Å². The number of benzene rings is 11. The van der Waals surface area contributed by atoms with Crippen LogP contribution in [0.15, 0.2) is 221 Å². The van der Waals surface area contributed by atoms with Crippen LogP contribution in [0.5, 0.6) is 0 Å². The Balaban J connectivity index is 0.867. The predicted molar refractivity (Wildman–Crippen MR) is 337 cm³/mol. The van der Waals surface area contributed by atoms with Gasteiger partial charge in [0, 0.05) is 65.7 Å². The van der Waals surface area contributed by atoms with Gasteiger partial charge in [0.2, 0.25) is 0 Å². The van der Waals surface area contributed by atoms with Gasteiger partial charge in [-0.25, -0.2) is 0 Å². The molecule has 2 aromatic heterocycles. The van der Waals surface area contributed by atoms with Crippen LogP contribution in [0.25, 0.3) is 111 Å². The summed E-state index contributed by atoms with van der Waals surface area (Å²) in [5.74, 6) is 0. The number of anilines is 3. The van der Waals surface area contributed by atoms with Crippen molar-refractivity contribution in [2.75, 3.05) is 4.90 Å². The minimum Gasteiger partial charge on any atom is -0.456 e. The van der Waals surface area contributed by atoms with Crippen molar-refractivity contribution in [1.82, 2.24) is 0 Å². The maximum atomic E-state index is 6.53. The van der Waals surface area contributed by atoms with Crippen LogP contribution >= 0.6 is 0 Å². The van der Waals surface area contributed by atoms with E-state index in [1.54, 1.807) is 0 Å². The predicted octanol–water partition coefficient (Wildman–Crippen LogP) is 21.5. The lowest BCUT2D eigenvalue weighted by Crippen LogP contribution is -2.19. The van der Waals surface area contributed by atoms with Gasteiger partial charge in [0.25, 0.3) is 0 Å². The first-order valence-corrected chi connectivity index (χ1v) is 28.8. The summed E-state index contributed by atoms with van der Waals surface area (Å²) in [4.78, 5) is 2.59. The lowest BCUT2D eigenvalue weighted by atomic mass is 9.79. The molecular weight excluding hydrogens is 983 g/mol. The number of furan rings is 2. The van der Waals surface area contributed by atoms with E-state index in [-0.39, 0.29) is 21.7 Å². The van der Waals surface area contributed by atoms with Gasteiger partial charge in [-0.1, -0.05) is 195 Å². The maximum Gasteiger partial charge on any atom is 0.136 e. The summed E-state index contributed by atoms with van der Waals surface area (Å²) in [6.07, 6.45) is 0. The Morgan fingerprint density at radius 1 is 0.272 bits per heavy atom. The minimum atomic E-state index is -0.315. The normalized spacial score (nSPS) is 15.8. The van der Waals surface area contributed by atoms with E-state index in [2.05, 4.69) is 273 Å². The molecule has 0 amide bonds. The second-order valence-electron chi connectivity index (χ2n) is 25.5. The molecule has 0 aliphatic heterocycles. The molecule has 0 atom stereocenters. The Morgan fingerprint density at radius 2 is 0.642 bits per heavy atom. The van der Waals surface area contributed by atoms with E-state index in [4.69, 9.17) is 8.83 Å². The molecule has 11 aromatic carbocycles. The van der Waals surface area contributed by atoms with E-state index >= 15 is 0 Å². The number of rotatable bonds is 5. The standard InChI is InChI=1S/C78H59NO2/c1-75(2)58-34-36-68-72(52-24-15-17-28-66(52)80-68)70(58)56-42-62-54(40-64(56)75)50-32-30-46(38-60(50)77(62,5)6)79(74-48(44-20-11-9-12-21-44)26-19-27-49(74)45-22-13-10-14-23-45)47-31-33-51-55-41-65-57(43-63(55)78(7,8)61(51)39-47)71-59(76(65,3)4)35-37-69-73(71)53-25-16-18-29-67(53)81-69/h9-43H,1-8H3. The van der Waals surface area contributed by atoms with Gasteiger partial charge in [-0.2, -0.15) is 0 Å². The second kappa shape index (κ2) is 15.8. The molecule has 4 aliphatic rings. The fraction of sp³-hybridized carbons (Fsp3) is 0.154. The summed E-state index contributed by atoms with van der Waals surface area (Å²) in [7, 11) is 0. The van der Waals surface area contributed by atoms with E-state index in [1.807, 2.05) is 0 Å². The van der Waals surface area contributed by atoms with Gasteiger partial charge in [0.05, 0.1) is 5.69 Å². The summed E-state index contributed by atoms with van der Waals surface area (Å²) in [5, 5.41) is 4.79. The van der Waals surface area contributed by atoms with Crippen molar-refractivity contribution >= 4 is 60.9 Å². The zero-order chi connectivity index (χ0) is 54.6. The van der Waals surface area contributed by atoms with Crippen LogP contribution in [-0.2, 0) is 21.7 Å². The van der Waals surface area contributed by atoms with Crippen molar-refractivity contribution in [3.63, 3.8) is 0 Å². The summed E-state index contributed by atoms with van der Waals surface area (Å²) < 4.78 is 13.1. The van der Waals surface area contributed by atoms with E-state index in [0.717, 1.165) is 39.4 Å². The Kier molecular flexibility index (Phi) is 9.11. The molecule has 0 saturated carbocycles. The van der Waals surface area contributed by atoms with Gasteiger partial charge >= 0.3 is 0 Å². The summed E-state index contributed by atoms with van der Waals surface area (Å²) >= 11 is 0. The third kappa shape index (κ3) is 6.08. The first-order chi connectivity index (χ1) is 39.2. The Bertz CT molecular complexity index is 4620. The molecule has 4 aliphatic carbocycles. The molecule has 13 aromatic rings. The van der Waals surface area contributed by atoms with E-state index < -0.39 is 0 Å². The van der Waals surface area contributed by atoms with Crippen molar-refractivity contribution in [2.45, 2.75) is 77.0 Å². The van der Waals surface area contributed by atoms with E-state index in [0.29, 0.717) is 0 Å². The Hall–Kier alpha value is -9.18. The highest BCUT2D eigenvalue weighted by molar-refractivity contribution is 6.17. The zero-order valence-electron chi connectivity index (χ0n) is 47.0. The number of hydrogen-bond donors (Lipinski definition) is 0. The number of fused-ring (bicyclic) bond motifs is 20. The van der Waals surface area contributed by atoms with Crippen molar-refractivity contribution < 1.29 is 8.83 Å². The molecule has 0 saturated heterocycles. The lowest BCUT2D eigenvalue weighted by molar-refractivity contribution is 0.650. The molecule has 0 unspecified atom stereocenters. The SMILES string of the molecule is CC1(C)c2cc(N(c3ccc4c(c3)C(C)(C)c3cc5c(cc3-4)C(C)(C)c3ccc4oc6ccccc6c4c3-5)c3c(-c4ccccc4)cccc3-c3ccccc3)ccc2-c2cc3c(cc21)-c1c(ccc2oc4ccccc4c12)C3(C)C. The van der Waals surface area contributed by atoms with Crippen LogP contribution in [0.2, 0.25) is 0 Å². The smallest absolute Gasteiger partial charge is 0.136 e. The molecule has 3 nitrogen and oxygen atoms in total. The highest BCUT2D eigenvalue weighted by atomic mass is 16.3. The monoisotopic (exact) mass is 1040 g/mol. The summed E-state index contributed by atoms with van der Waals surface area (Å²) in [6.45, 7) is 19.3. The van der Waals surface area contributed by atoms with Crippen molar-refractivity contribution in [1.29, 1.82) is 0 Å². The third-order valence-corrected chi connectivity index (χ3v) is 19.9. The van der Waals surface area contributed by atoms with Gasteiger partial charge in [-0.05, 0) is 173 Å². The summed E-state index contributed by atoms with van der Waals surface area (Å²) in [6, 6.07) is 79.7. The van der Waals surface area contributed by atoms with Crippen LogP contribution in [0.4, 0.5) is 17.1 Å². The van der Waals surface area contributed by atoms with Crippen LogP contribution < -0.4 is 4.90 Å². The van der Waals surface area contributed by atoms with Crippen LogP contribution in [0.1, 0.15) is 99.9 Å². The highest BCUT2D eigenvalue weighted by Gasteiger charge is 2.45. The number of nitrogens with zero attached hydrogens (tertiary/aromatic N) is 1. The molecule has 0 fully saturated rings. The molecule has 2 heterocycles. The lowest BCUT2D eigenvalue weighted by Gasteiger charge is -2.33. The molecule has 0 radical (unpaired) electrons. The van der Waals surface area contributed by atoms with Gasteiger partial charge in [-0.15, -0.1) is 0 Å². The van der Waals surface area contributed by atoms with Crippen molar-refractivity contribution in [2.24, 2.45) is 0 Å². The first-order valence-electron chi connectivity index (χ1n) is 28.8. The fourth-order valence-electron chi connectivity index (χ4n) is 15.7. The van der Waals surface area contributed by atoms with E-state index in [9.17, 15) is 0 Å². The molecule has 0 N–H and O–H groups in total. The summed E-state index contributed by atoms with van der Waals surface area (Å²) in [5.41, 5.74) is 32.2. The Labute approximate surface area is 472 Å². The molecule has 81 heavy (non-hydrogen) atoms.